The van der Waals surface area contributed by atoms with Gasteiger partial charge in [-0.05, 0) is 50.8 Å². The highest BCUT2D eigenvalue weighted by molar-refractivity contribution is 5.74. The molecule has 1 unspecified atom stereocenters. The van der Waals surface area contributed by atoms with Gasteiger partial charge in [-0.25, -0.2) is 4.79 Å². The van der Waals surface area contributed by atoms with E-state index in [9.17, 15) is 4.79 Å². The molecule has 6 nitrogen and oxygen atoms in total. The zero-order valence-electron chi connectivity index (χ0n) is 15.1. The molecule has 0 saturated carbocycles. The average molecular weight is 342 g/mol. The number of aryl methyl sites for hydroxylation is 2. The predicted molar refractivity (Wildman–Crippen MR) is 96.7 cm³/mol. The van der Waals surface area contributed by atoms with Crippen molar-refractivity contribution in [1.29, 1.82) is 0 Å². The normalized spacial score (nSPS) is 14.0. The van der Waals surface area contributed by atoms with Crippen molar-refractivity contribution in [3.63, 3.8) is 0 Å². The maximum atomic E-state index is 12.4. The van der Waals surface area contributed by atoms with Crippen LogP contribution in [0.15, 0.2) is 24.3 Å². The zero-order valence-corrected chi connectivity index (χ0v) is 15.1. The van der Waals surface area contributed by atoms with Gasteiger partial charge in [0.25, 0.3) is 0 Å². The molecule has 0 radical (unpaired) electrons. The smallest absolute Gasteiger partial charge is 0.317 e. The lowest BCUT2D eigenvalue weighted by Crippen LogP contribution is -2.44. The first-order valence-electron chi connectivity index (χ1n) is 8.79. The van der Waals surface area contributed by atoms with Gasteiger partial charge in [0.15, 0.2) is 0 Å². The summed E-state index contributed by atoms with van der Waals surface area (Å²) in [4.78, 5) is 14.0. The number of urea groups is 1. The van der Waals surface area contributed by atoms with Crippen molar-refractivity contribution in [3.8, 4) is 5.75 Å². The van der Waals surface area contributed by atoms with E-state index in [1.54, 1.807) is 11.9 Å². The molecule has 2 amide bonds. The van der Waals surface area contributed by atoms with Crippen molar-refractivity contribution in [2.24, 2.45) is 0 Å². The van der Waals surface area contributed by atoms with E-state index >= 15 is 0 Å². The monoisotopic (exact) mass is 342 g/mol. The molecule has 1 atom stereocenters. The van der Waals surface area contributed by atoms with Crippen LogP contribution in [0.2, 0.25) is 0 Å². The van der Waals surface area contributed by atoms with Crippen LogP contribution in [0.25, 0.3) is 0 Å². The lowest BCUT2D eigenvalue weighted by atomic mass is 10.2. The molecule has 1 aromatic carbocycles. The molecule has 1 aliphatic carbocycles. The van der Waals surface area contributed by atoms with Gasteiger partial charge < -0.3 is 15.0 Å². The summed E-state index contributed by atoms with van der Waals surface area (Å²) in [6.07, 6.45) is 3.28. The van der Waals surface area contributed by atoms with Crippen molar-refractivity contribution >= 4 is 6.03 Å². The van der Waals surface area contributed by atoms with Gasteiger partial charge in [0.05, 0.1) is 18.3 Å². The minimum absolute atomic E-state index is 0.0823. The summed E-state index contributed by atoms with van der Waals surface area (Å²) in [6.45, 7) is 4.92. The number of aromatic nitrogens is 2. The van der Waals surface area contributed by atoms with Crippen LogP contribution in [0.5, 0.6) is 5.75 Å². The number of fused-ring (bicyclic) bond motifs is 1. The van der Waals surface area contributed by atoms with Crippen LogP contribution in [0, 0.1) is 6.92 Å². The number of hydrogen-bond donors (Lipinski definition) is 2. The Morgan fingerprint density at radius 1 is 1.36 bits per heavy atom. The van der Waals surface area contributed by atoms with E-state index in [1.165, 1.54) is 23.2 Å². The highest BCUT2D eigenvalue weighted by Gasteiger charge is 2.21. The van der Waals surface area contributed by atoms with Crippen LogP contribution in [-0.2, 0) is 19.4 Å². The van der Waals surface area contributed by atoms with Crippen LogP contribution >= 0.6 is 0 Å². The molecule has 134 valence electrons. The number of ether oxygens (including phenoxy) is 1. The van der Waals surface area contributed by atoms with Crippen molar-refractivity contribution in [3.05, 3.63) is 46.8 Å². The second-order valence-electron chi connectivity index (χ2n) is 6.81. The Kier molecular flexibility index (Phi) is 5.26. The topological polar surface area (TPSA) is 70.2 Å². The molecule has 3 rings (SSSR count). The van der Waals surface area contributed by atoms with E-state index in [1.807, 2.05) is 38.1 Å². The second kappa shape index (κ2) is 7.59. The number of carbonyl (C=O) groups is 1. The number of aromatic amines is 1. The Hall–Kier alpha value is -2.50. The molecule has 0 fully saturated rings. The van der Waals surface area contributed by atoms with Crippen molar-refractivity contribution < 1.29 is 9.53 Å². The maximum absolute atomic E-state index is 12.4. The number of carbonyl (C=O) groups excluding carboxylic acids is 1. The molecule has 0 saturated heterocycles. The SMILES string of the molecule is Cc1ccc(OCC(C)NC(=O)N(C)Cc2n[nH]c3c2CCC3)cc1. The lowest BCUT2D eigenvalue weighted by Gasteiger charge is -2.21. The maximum Gasteiger partial charge on any atom is 0.317 e. The molecule has 0 spiro atoms. The molecule has 2 aromatic rings. The van der Waals surface area contributed by atoms with Gasteiger partial charge in [0.1, 0.15) is 12.4 Å². The van der Waals surface area contributed by atoms with E-state index in [4.69, 9.17) is 4.74 Å². The molecule has 2 N–H and O–H groups in total. The number of hydrogen-bond acceptors (Lipinski definition) is 3. The predicted octanol–water partition coefficient (Wildman–Crippen LogP) is 2.82. The third kappa shape index (κ3) is 4.32. The van der Waals surface area contributed by atoms with E-state index in [-0.39, 0.29) is 12.1 Å². The Balaban J connectivity index is 1.46. The van der Waals surface area contributed by atoms with Crippen LogP contribution in [0.3, 0.4) is 0 Å². The number of nitrogens with one attached hydrogen (secondary N) is 2. The highest BCUT2D eigenvalue weighted by atomic mass is 16.5. The molecule has 1 aromatic heterocycles. The van der Waals surface area contributed by atoms with Crippen LogP contribution in [-0.4, -0.2) is 40.8 Å². The van der Waals surface area contributed by atoms with Crippen LogP contribution in [0.4, 0.5) is 4.79 Å². The Bertz CT molecular complexity index is 724. The van der Waals surface area contributed by atoms with Crippen molar-refractivity contribution in [2.45, 2.75) is 45.7 Å². The van der Waals surface area contributed by atoms with Gasteiger partial charge in [0.2, 0.25) is 0 Å². The summed E-state index contributed by atoms with van der Waals surface area (Å²) < 4.78 is 5.72. The molecule has 0 bridgehead atoms. The quantitative estimate of drug-likeness (QED) is 0.848. The molecule has 1 heterocycles. The lowest BCUT2D eigenvalue weighted by molar-refractivity contribution is 0.195. The largest absolute Gasteiger partial charge is 0.491 e. The first kappa shape index (κ1) is 17.3. The van der Waals surface area contributed by atoms with Gasteiger partial charge >= 0.3 is 6.03 Å². The number of nitrogens with zero attached hydrogens (tertiary/aromatic N) is 2. The summed E-state index contributed by atoms with van der Waals surface area (Å²) in [5.41, 5.74) is 4.69. The third-order valence-corrected chi connectivity index (χ3v) is 4.52. The fraction of sp³-hybridized carbons (Fsp3) is 0.474. The summed E-state index contributed by atoms with van der Waals surface area (Å²) in [5.74, 6) is 0.812. The summed E-state index contributed by atoms with van der Waals surface area (Å²) in [7, 11) is 1.79. The zero-order chi connectivity index (χ0) is 17.8. The Morgan fingerprint density at radius 2 is 2.12 bits per heavy atom. The number of H-pyrrole nitrogens is 1. The number of benzene rings is 1. The summed E-state index contributed by atoms with van der Waals surface area (Å²) in [5, 5.41) is 10.4. The van der Waals surface area contributed by atoms with Gasteiger partial charge in [-0.15, -0.1) is 0 Å². The highest BCUT2D eigenvalue weighted by Crippen LogP contribution is 2.23. The van der Waals surface area contributed by atoms with E-state index < -0.39 is 0 Å². The standard InChI is InChI=1S/C19H26N4O2/c1-13-7-9-15(10-8-13)25-12-14(2)20-19(24)23(3)11-18-16-5-4-6-17(16)21-22-18/h7-10,14H,4-6,11-12H2,1-3H3,(H,20,24)(H,21,22). The Labute approximate surface area is 148 Å². The fourth-order valence-corrected chi connectivity index (χ4v) is 3.03. The summed E-state index contributed by atoms with van der Waals surface area (Å²) >= 11 is 0. The van der Waals surface area contributed by atoms with Crippen LogP contribution in [0.1, 0.15) is 35.9 Å². The van der Waals surface area contributed by atoms with E-state index in [0.29, 0.717) is 13.2 Å². The molecule has 6 heteroatoms. The van der Waals surface area contributed by atoms with E-state index in [0.717, 1.165) is 24.3 Å². The second-order valence-corrected chi connectivity index (χ2v) is 6.81. The van der Waals surface area contributed by atoms with Crippen LogP contribution < -0.4 is 10.1 Å². The minimum atomic E-state index is -0.116. The third-order valence-electron chi connectivity index (χ3n) is 4.52. The average Bonchev–Trinajstić information content (AvgIpc) is 3.19. The van der Waals surface area contributed by atoms with Gasteiger partial charge in [0, 0.05) is 12.7 Å². The minimum Gasteiger partial charge on any atom is -0.491 e. The van der Waals surface area contributed by atoms with Gasteiger partial charge in [-0.2, -0.15) is 5.10 Å². The summed E-state index contributed by atoms with van der Waals surface area (Å²) in [6, 6.07) is 7.70. The molecular formula is C19H26N4O2. The van der Waals surface area contributed by atoms with Gasteiger partial charge in [-0.3, -0.25) is 5.10 Å². The first-order chi connectivity index (χ1) is 12.0. The molecule has 25 heavy (non-hydrogen) atoms. The van der Waals surface area contributed by atoms with E-state index in [2.05, 4.69) is 15.5 Å². The number of amides is 2. The molecular weight excluding hydrogens is 316 g/mol. The number of rotatable bonds is 6. The van der Waals surface area contributed by atoms with Crippen molar-refractivity contribution in [2.75, 3.05) is 13.7 Å². The fourth-order valence-electron chi connectivity index (χ4n) is 3.03. The molecule has 1 aliphatic rings. The Morgan fingerprint density at radius 3 is 2.88 bits per heavy atom. The molecule has 0 aliphatic heterocycles. The van der Waals surface area contributed by atoms with Gasteiger partial charge in [-0.1, -0.05) is 17.7 Å². The van der Waals surface area contributed by atoms with Crippen molar-refractivity contribution in [1.82, 2.24) is 20.4 Å². The first-order valence-corrected chi connectivity index (χ1v) is 8.79.